The molecule has 1 atom stereocenters. The Balaban J connectivity index is 0.000000336. The summed E-state index contributed by atoms with van der Waals surface area (Å²) in [4.78, 5) is 30.8. The predicted molar refractivity (Wildman–Crippen MR) is 256 cm³/mol. The Morgan fingerprint density at radius 2 is 1.52 bits per heavy atom. The highest BCUT2D eigenvalue weighted by atomic mass is 35.5. The van der Waals surface area contributed by atoms with E-state index in [1.54, 1.807) is 65.0 Å². The Bertz CT molecular complexity index is 2300. The molecule has 0 saturated carbocycles. The number of aryl methyl sites for hydroxylation is 1. The van der Waals surface area contributed by atoms with Gasteiger partial charge in [-0.05, 0) is 116 Å². The lowest BCUT2D eigenvalue weighted by Gasteiger charge is -2.32. The lowest BCUT2D eigenvalue weighted by molar-refractivity contribution is -0.132. The fourth-order valence-corrected chi connectivity index (χ4v) is 8.12. The van der Waals surface area contributed by atoms with Crippen molar-refractivity contribution < 1.29 is 38.7 Å². The summed E-state index contributed by atoms with van der Waals surface area (Å²) in [6, 6.07) is 25.1. The number of benzene rings is 3. The van der Waals surface area contributed by atoms with Crippen LogP contribution < -0.4 is 18.9 Å². The number of imidazole rings is 1. The number of ether oxygens (including phenoxy) is 4. The molecule has 0 saturated heterocycles. The molecule has 0 spiro atoms. The Morgan fingerprint density at radius 3 is 2.08 bits per heavy atom. The number of nitrogens with zero attached hydrogens (tertiary/aromatic N) is 4. The molecule has 2 aromatic heterocycles. The highest BCUT2D eigenvalue weighted by Crippen LogP contribution is 2.40. The van der Waals surface area contributed by atoms with Crippen molar-refractivity contribution in [1.82, 2.24) is 14.5 Å². The molecule has 12 nitrogen and oxygen atoms in total. The highest BCUT2D eigenvalue weighted by molar-refractivity contribution is 7.09. The molecule has 5 rings (SSSR count). The molecule has 0 amide bonds. The van der Waals surface area contributed by atoms with E-state index >= 15 is 0 Å². The number of hydrogen-bond donors (Lipinski definition) is 2. The van der Waals surface area contributed by atoms with E-state index in [2.05, 4.69) is 49.8 Å². The van der Waals surface area contributed by atoms with Crippen LogP contribution in [-0.4, -0.2) is 85.2 Å². The summed E-state index contributed by atoms with van der Waals surface area (Å²) in [7, 11) is 8.67. The van der Waals surface area contributed by atoms with Crippen molar-refractivity contribution in [2.45, 2.75) is 77.7 Å². The van der Waals surface area contributed by atoms with E-state index < -0.39 is 17.4 Å². The average molecular weight is 916 g/mol. The zero-order chi connectivity index (χ0) is 45.9. The molecule has 2 heterocycles. The number of unbranched alkanes of at least 4 members (excludes halogenated alkanes) is 1. The molecule has 14 heteroatoms. The smallest absolute Gasteiger partial charge is 0.335 e. The Kier molecular flexibility index (Phi) is 21.4. The first-order valence-corrected chi connectivity index (χ1v) is 22.1. The first-order chi connectivity index (χ1) is 30.3. The molecule has 0 aliphatic heterocycles. The standard InChI is InChI=1S/C27H38N2O4.C23H24N2O4S.ClH/c1-20(2)27(19-28,22-10-12-24(31-5)26(18-22)33-7)14-8-15-29(3)16-13-21-9-11-23(30-4)25(17-21)32-6;1-2-3-6-21-24-14-19(12-18(23(28)29)13-20-5-4-11-30-20)25(21)15-16-7-9-17(10-8-16)22(26)27;/h9-12,17-18,20H,8,13-16H2,1-7H3;4-5,7-12,14H,2-3,6,13,15H2,1H3,(H,26,27)(H,28,29);1H/b;18-12+;. The predicted octanol–water partition coefficient (Wildman–Crippen LogP) is 10.3. The number of halogens is 1. The summed E-state index contributed by atoms with van der Waals surface area (Å²) in [5.41, 5.74) is 3.81. The van der Waals surface area contributed by atoms with Gasteiger partial charge in [-0.3, -0.25) is 0 Å². The first-order valence-electron chi connectivity index (χ1n) is 21.2. The van der Waals surface area contributed by atoms with Gasteiger partial charge in [-0.15, -0.1) is 23.7 Å². The van der Waals surface area contributed by atoms with Gasteiger partial charge < -0.3 is 38.6 Å². The molecule has 3 aromatic carbocycles. The van der Waals surface area contributed by atoms with Gasteiger partial charge in [0.05, 0.1) is 57.4 Å². The monoisotopic (exact) mass is 914 g/mol. The highest BCUT2D eigenvalue weighted by Gasteiger charge is 2.36. The van der Waals surface area contributed by atoms with Gasteiger partial charge in [0.15, 0.2) is 23.0 Å². The number of likely N-dealkylation sites (N-methyl/N-ethyl adjacent to an activating group) is 1. The van der Waals surface area contributed by atoms with Crippen molar-refractivity contribution in [2.75, 3.05) is 48.6 Å². The fourth-order valence-electron chi connectivity index (χ4n) is 7.39. The van der Waals surface area contributed by atoms with E-state index in [1.165, 1.54) is 16.9 Å². The third-order valence-electron chi connectivity index (χ3n) is 11.2. The fraction of sp³-hybridized carbons (Fsp3) is 0.400. The number of aliphatic carboxylic acids is 1. The summed E-state index contributed by atoms with van der Waals surface area (Å²) in [5.74, 6) is 1.97. The minimum atomic E-state index is -0.962. The zero-order valence-electron chi connectivity index (χ0n) is 38.3. The maximum atomic E-state index is 11.8. The van der Waals surface area contributed by atoms with Crippen LogP contribution >= 0.6 is 23.7 Å². The lowest BCUT2D eigenvalue weighted by atomic mass is 9.69. The van der Waals surface area contributed by atoms with Gasteiger partial charge in [0, 0.05) is 36.4 Å². The Hall–Kier alpha value is -5.81. The molecular formula is C50H63ClN4O8S. The number of carboxylic acids is 2. The second-order valence-corrected chi connectivity index (χ2v) is 16.7. The number of rotatable bonds is 23. The molecule has 2 N–H and O–H groups in total. The minimum absolute atomic E-state index is 0. The normalized spacial score (nSPS) is 12.0. The largest absolute Gasteiger partial charge is 0.493 e. The topological polar surface area (TPSA) is 156 Å². The zero-order valence-corrected chi connectivity index (χ0v) is 39.9. The molecule has 0 fully saturated rings. The van der Waals surface area contributed by atoms with Crippen molar-refractivity contribution in [3.05, 3.63) is 129 Å². The molecular weight excluding hydrogens is 852 g/mol. The van der Waals surface area contributed by atoms with E-state index in [1.807, 2.05) is 52.4 Å². The van der Waals surface area contributed by atoms with Gasteiger partial charge in [-0.25, -0.2) is 14.6 Å². The SMILES string of the molecule is CCCCc1ncc(/C=C(\Cc2cccs2)C(=O)O)n1Cc1ccc(C(=O)O)cc1.COc1ccc(CCN(C)CCCC(C#N)(c2ccc(OC)c(OC)c2)C(C)C)cc1OC.Cl. The lowest BCUT2D eigenvalue weighted by Crippen LogP contribution is -2.32. The molecule has 0 aliphatic rings. The molecule has 344 valence electrons. The van der Waals surface area contributed by atoms with Gasteiger partial charge >= 0.3 is 11.9 Å². The molecule has 0 aliphatic carbocycles. The van der Waals surface area contributed by atoms with Crippen molar-refractivity contribution in [1.29, 1.82) is 5.26 Å². The van der Waals surface area contributed by atoms with Gasteiger partial charge in [0.2, 0.25) is 0 Å². The maximum absolute atomic E-state index is 11.8. The molecule has 0 radical (unpaired) electrons. The van der Waals surface area contributed by atoms with Crippen LogP contribution in [0, 0.1) is 17.2 Å². The molecule has 64 heavy (non-hydrogen) atoms. The third-order valence-corrected chi connectivity index (χ3v) is 12.1. The average Bonchev–Trinajstić information content (AvgIpc) is 3.95. The van der Waals surface area contributed by atoms with Crippen LogP contribution in [0.15, 0.2) is 89.9 Å². The van der Waals surface area contributed by atoms with E-state index in [4.69, 9.17) is 24.1 Å². The summed E-state index contributed by atoms with van der Waals surface area (Å²) in [5, 5.41) is 31.0. The number of aromatic carboxylic acids is 1. The molecule has 5 aromatic rings. The number of hydrogen-bond acceptors (Lipinski definition) is 10. The summed E-state index contributed by atoms with van der Waals surface area (Å²) in [6.45, 7) is 8.67. The number of carboxylic acid groups (broad SMARTS) is 2. The number of nitriles is 1. The number of thiophene rings is 1. The van der Waals surface area contributed by atoms with E-state index in [9.17, 15) is 20.0 Å². The Morgan fingerprint density at radius 1 is 0.875 bits per heavy atom. The van der Waals surface area contributed by atoms with Crippen molar-refractivity contribution >= 4 is 41.8 Å². The van der Waals surface area contributed by atoms with E-state index in [0.29, 0.717) is 30.0 Å². The van der Waals surface area contributed by atoms with Crippen molar-refractivity contribution in [2.24, 2.45) is 5.92 Å². The quantitative estimate of drug-likeness (QED) is 0.0601. The second kappa shape index (κ2) is 26.1. The van der Waals surface area contributed by atoms with Gasteiger partial charge in [0.25, 0.3) is 0 Å². The van der Waals surface area contributed by atoms with Gasteiger partial charge in [-0.1, -0.05) is 57.5 Å². The van der Waals surface area contributed by atoms with Crippen LogP contribution in [0.1, 0.15) is 89.9 Å². The number of carbonyl (C=O) groups is 2. The van der Waals surface area contributed by atoms with Crippen LogP contribution in [0.3, 0.4) is 0 Å². The second-order valence-electron chi connectivity index (χ2n) is 15.7. The van der Waals surface area contributed by atoms with Crippen LogP contribution in [0.4, 0.5) is 0 Å². The maximum Gasteiger partial charge on any atom is 0.335 e. The summed E-state index contributed by atoms with van der Waals surface area (Å²) in [6.07, 6.45) is 9.19. The van der Waals surface area contributed by atoms with Gasteiger partial charge in [-0.2, -0.15) is 5.26 Å². The number of methoxy groups -OCH3 is 4. The van der Waals surface area contributed by atoms with Crippen LogP contribution in [0.2, 0.25) is 0 Å². The van der Waals surface area contributed by atoms with Crippen LogP contribution in [0.5, 0.6) is 23.0 Å². The summed E-state index contributed by atoms with van der Waals surface area (Å²) < 4.78 is 23.6. The van der Waals surface area contributed by atoms with E-state index in [-0.39, 0.29) is 23.9 Å². The van der Waals surface area contributed by atoms with Gasteiger partial charge in [0.1, 0.15) is 5.82 Å². The molecule has 0 bridgehead atoms. The van der Waals surface area contributed by atoms with Crippen molar-refractivity contribution in [3.63, 3.8) is 0 Å². The first kappa shape index (κ1) is 52.5. The summed E-state index contributed by atoms with van der Waals surface area (Å²) >= 11 is 1.53. The minimum Gasteiger partial charge on any atom is -0.493 e. The van der Waals surface area contributed by atoms with Crippen LogP contribution in [0.25, 0.3) is 6.08 Å². The molecule has 1 unspecified atom stereocenters. The number of aromatic nitrogens is 2. The van der Waals surface area contributed by atoms with E-state index in [0.717, 1.165) is 90.6 Å². The third kappa shape index (κ3) is 14.4. The van der Waals surface area contributed by atoms with Crippen molar-refractivity contribution in [3.8, 4) is 29.1 Å². The van der Waals surface area contributed by atoms with Crippen LogP contribution in [-0.2, 0) is 36.0 Å². The Labute approximate surface area is 388 Å².